The summed E-state index contributed by atoms with van der Waals surface area (Å²) in [5.41, 5.74) is 5.76. The Kier molecular flexibility index (Phi) is 5.12. The number of amides is 1. The Morgan fingerprint density at radius 2 is 2.10 bits per heavy atom. The SMILES string of the molecule is NCC1(C(=O)N(CC2CCCO2)C2CCSC2)CCCC1. The molecule has 0 aromatic carbocycles. The maximum Gasteiger partial charge on any atom is 0.230 e. The van der Waals surface area contributed by atoms with Crippen molar-refractivity contribution in [3.05, 3.63) is 0 Å². The van der Waals surface area contributed by atoms with E-state index in [0.717, 1.165) is 63.9 Å². The van der Waals surface area contributed by atoms with E-state index >= 15 is 0 Å². The molecule has 1 amide bonds. The highest BCUT2D eigenvalue weighted by atomic mass is 32.2. The van der Waals surface area contributed by atoms with Gasteiger partial charge in [0.25, 0.3) is 0 Å². The quantitative estimate of drug-likeness (QED) is 0.844. The van der Waals surface area contributed by atoms with E-state index in [-0.39, 0.29) is 11.5 Å². The molecule has 3 rings (SSSR count). The molecule has 0 aromatic heterocycles. The average molecular weight is 312 g/mol. The minimum Gasteiger partial charge on any atom is -0.376 e. The summed E-state index contributed by atoms with van der Waals surface area (Å²) in [6.45, 7) is 2.15. The van der Waals surface area contributed by atoms with Gasteiger partial charge < -0.3 is 15.4 Å². The fourth-order valence-corrected chi connectivity index (χ4v) is 5.26. The number of ether oxygens (including phenoxy) is 1. The van der Waals surface area contributed by atoms with Crippen molar-refractivity contribution in [2.24, 2.45) is 11.1 Å². The van der Waals surface area contributed by atoms with Crippen molar-refractivity contribution in [2.75, 3.05) is 31.2 Å². The van der Waals surface area contributed by atoms with Gasteiger partial charge in [-0.3, -0.25) is 4.79 Å². The predicted octanol–water partition coefficient (Wildman–Crippen LogP) is 2.02. The summed E-state index contributed by atoms with van der Waals surface area (Å²) in [6.07, 6.45) is 7.86. The molecular weight excluding hydrogens is 284 g/mol. The number of nitrogens with zero attached hydrogens (tertiary/aromatic N) is 1. The third-order valence-corrected chi connectivity index (χ3v) is 6.58. The number of nitrogens with two attached hydrogens (primary N) is 1. The number of carbonyl (C=O) groups is 1. The highest BCUT2D eigenvalue weighted by Crippen LogP contribution is 2.40. The Bertz CT molecular complexity index is 359. The topological polar surface area (TPSA) is 55.6 Å². The van der Waals surface area contributed by atoms with Gasteiger partial charge in [-0.1, -0.05) is 12.8 Å². The number of carbonyl (C=O) groups excluding carboxylic acids is 1. The lowest BCUT2D eigenvalue weighted by atomic mass is 9.84. The maximum absolute atomic E-state index is 13.3. The van der Waals surface area contributed by atoms with E-state index in [2.05, 4.69) is 4.90 Å². The molecule has 0 bridgehead atoms. The molecule has 2 atom stereocenters. The largest absolute Gasteiger partial charge is 0.376 e. The van der Waals surface area contributed by atoms with Crippen LogP contribution < -0.4 is 5.73 Å². The van der Waals surface area contributed by atoms with E-state index in [0.29, 0.717) is 18.5 Å². The number of hydrogen-bond donors (Lipinski definition) is 1. The monoisotopic (exact) mass is 312 g/mol. The minimum absolute atomic E-state index is 0.246. The van der Waals surface area contributed by atoms with Crippen LogP contribution in [0.1, 0.15) is 44.9 Å². The van der Waals surface area contributed by atoms with Crippen molar-refractivity contribution in [2.45, 2.75) is 57.1 Å². The van der Waals surface area contributed by atoms with Crippen LogP contribution in [0.5, 0.6) is 0 Å². The van der Waals surface area contributed by atoms with Crippen molar-refractivity contribution < 1.29 is 9.53 Å². The molecule has 0 radical (unpaired) electrons. The van der Waals surface area contributed by atoms with Crippen molar-refractivity contribution in [3.63, 3.8) is 0 Å². The van der Waals surface area contributed by atoms with Crippen molar-refractivity contribution in [1.82, 2.24) is 4.90 Å². The average Bonchev–Trinajstić information content (AvgIpc) is 3.26. The zero-order valence-corrected chi connectivity index (χ0v) is 13.7. The molecule has 1 aliphatic carbocycles. The Hall–Kier alpha value is -0.260. The first kappa shape index (κ1) is 15.6. The molecule has 2 heterocycles. The van der Waals surface area contributed by atoms with Crippen LogP contribution in [-0.4, -0.2) is 54.2 Å². The Labute approximate surface area is 132 Å². The standard InChI is InChI=1S/C16H28N2O2S/c17-12-16(6-1-2-7-16)15(19)18(13-5-9-21-11-13)10-14-4-3-8-20-14/h13-14H,1-12,17H2. The van der Waals surface area contributed by atoms with Crippen LogP contribution >= 0.6 is 11.8 Å². The van der Waals surface area contributed by atoms with E-state index < -0.39 is 0 Å². The van der Waals surface area contributed by atoms with Crippen LogP contribution in [0.15, 0.2) is 0 Å². The zero-order chi connectivity index (χ0) is 14.7. The molecule has 0 spiro atoms. The van der Waals surface area contributed by atoms with E-state index in [4.69, 9.17) is 10.5 Å². The summed E-state index contributed by atoms with van der Waals surface area (Å²) in [5.74, 6) is 2.58. The first-order chi connectivity index (χ1) is 10.2. The Balaban J connectivity index is 1.74. The lowest BCUT2D eigenvalue weighted by molar-refractivity contribution is -0.145. The van der Waals surface area contributed by atoms with Gasteiger partial charge in [-0.2, -0.15) is 11.8 Å². The molecule has 4 nitrogen and oxygen atoms in total. The molecule has 2 saturated heterocycles. The summed E-state index contributed by atoms with van der Waals surface area (Å²) in [6, 6.07) is 0.399. The first-order valence-electron chi connectivity index (χ1n) is 8.46. The summed E-state index contributed by atoms with van der Waals surface area (Å²) in [7, 11) is 0. The van der Waals surface area contributed by atoms with Crippen molar-refractivity contribution in [1.29, 1.82) is 0 Å². The fourth-order valence-electron chi connectivity index (χ4n) is 4.04. The van der Waals surface area contributed by atoms with Crippen LogP contribution in [0.25, 0.3) is 0 Å². The van der Waals surface area contributed by atoms with Gasteiger partial charge in [-0.05, 0) is 37.9 Å². The molecule has 2 aliphatic heterocycles. The number of thioether (sulfide) groups is 1. The molecule has 3 fully saturated rings. The van der Waals surface area contributed by atoms with Crippen LogP contribution in [0, 0.1) is 5.41 Å². The van der Waals surface area contributed by atoms with Gasteiger partial charge in [-0.25, -0.2) is 0 Å². The second-order valence-corrected chi connectivity index (χ2v) is 7.95. The zero-order valence-electron chi connectivity index (χ0n) is 12.9. The van der Waals surface area contributed by atoms with Gasteiger partial charge in [0.05, 0.1) is 11.5 Å². The summed E-state index contributed by atoms with van der Waals surface area (Å²) < 4.78 is 5.79. The molecule has 2 unspecified atom stereocenters. The van der Waals surface area contributed by atoms with Gasteiger partial charge in [0.1, 0.15) is 0 Å². The van der Waals surface area contributed by atoms with Gasteiger partial charge in [0, 0.05) is 31.5 Å². The highest BCUT2D eigenvalue weighted by Gasteiger charge is 2.45. The molecule has 5 heteroatoms. The molecule has 3 aliphatic rings. The van der Waals surface area contributed by atoms with E-state index in [1.165, 1.54) is 5.75 Å². The van der Waals surface area contributed by atoms with E-state index in [9.17, 15) is 4.79 Å². The Morgan fingerprint density at radius 1 is 1.29 bits per heavy atom. The second-order valence-electron chi connectivity index (χ2n) is 6.80. The number of hydrogen-bond acceptors (Lipinski definition) is 4. The van der Waals surface area contributed by atoms with Gasteiger partial charge in [-0.15, -0.1) is 0 Å². The molecule has 21 heavy (non-hydrogen) atoms. The Morgan fingerprint density at radius 3 is 2.67 bits per heavy atom. The van der Waals surface area contributed by atoms with Crippen LogP contribution in [0.2, 0.25) is 0 Å². The van der Waals surface area contributed by atoms with Gasteiger partial charge >= 0.3 is 0 Å². The summed E-state index contributed by atoms with van der Waals surface area (Å²) >= 11 is 1.97. The first-order valence-corrected chi connectivity index (χ1v) is 9.61. The third kappa shape index (κ3) is 3.25. The molecule has 2 N–H and O–H groups in total. The molecule has 0 aromatic rings. The van der Waals surface area contributed by atoms with Gasteiger partial charge in [0.2, 0.25) is 5.91 Å². The second kappa shape index (κ2) is 6.88. The normalized spacial score (nSPS) is 31.7. The van der Waals surface area contributed by atoms with Gasteiger partial charge in [0.15, 0.2) is 0 Å². The highest BCUT2D eigenvalue weighted by molar-refractivity contribution is 7.99. The van der Waals surface area contributed by atoms with Crippen molar-refractivity contribution in [3.8, 4) is 0 Å². The summed E-state index contributed by atoms with van der Waals surface area (Å²) in [5, 5.41) is 0. The maximum atomic E-state index is 13.3. The molecular formula is C16H28N2O2S. The third-order valence-electron chi connectivity index (χ3n) is 5.44. The van der Waals surface area contributed by atoms with E-state index in [1.54, 1.807) is 0 Å². The smallest absolute Gasteiger partial charge is 0.230 e. The van der Waals surface area contributed by atoms with Crippen LogP contribution in [0.4, 0.5) is 0 Å². The molecule has 1 saturated carbocycles. The fraction of sp³-hybridized carbons (Fsp3) is 0.938. The van der Waals surface area contributed by atoms with Crippen molar-refractivity contribution >= 4 is 17.7 Å². The lowest BCUT2D eigenvalue weighted by Crippen LogP contribution is -2.53. The van der Waals surface area contributed by atoms with Crippen LogP contribution in [-0.2, 0) is 9.53 Å². The predicted molar refractivity (Wildman–Crippen MR) is 86.4 cm³/mol. The minimum atomic E-state index is -0.272. The molecule has 120 valence electrons. The van der Waals surface area contributed by atoms with E-state index in [1.807, 2.05) is 11.8 Å². The van der Waals surface area contributed by atoms with Crippen LogP contribution in [0.3, 0.4) is 0 Å². The summed E-state index contributed by atoms with van der Waals surface area (Å²) in [4.78, 5) is 15.4. The number of rotatable bonds is 5. The lowest BCUT2D eigenvalue weighted by Gasteiger charge is -2.38.